The third-order valence-electron chi connectivity index (χ3n) is 7.16. The maximum Gasteiger partial charge on any atom is 0.304 e. The normalized spacial score (nSPS) is 25.9. The number of fused-ring (bicyclic) bond motifs is 1. The summed E-state index contributed by atoms with van der Waals surface area (Å²) < 4.78 is 52.5. The largest absolute Gasteiger partial charge is 0.498 e. The number of rotatable bonds is 10. The molecule has 3 aliphatic rings. The number of amidine groups is 1. The zero-order valence-corrected chi connectivity index (χ0v) is 30.3. The van der Waals surface area contributed by atoms with E-state index in [0.29, 0.717) is 18.0 Å². The van der Waals surface area contributed by atoms with E-state index >= 15 is 0 Å². The summed E-state index contributed by atoms with van der Waals surface area (Å²) >= 11 is 0. The monoisotopic (exact) mass is 660 g/mol. The maximum absolute atomic E-state index is 14.1. The molecule has 1 amide bonds. The highest BCUT2D eigenvalue weighted by Gasteiger charge is 2.51. The van der Waals surface area contributed by atoms with E-state index < -0.39 is 29.2 Å². The van der Waals surface area contributed by atoms with Gasteiger partial charge in [-0.1, -0.05) is 47.6 Å². The number of carbonyl (C=O) groups is 1. The van der Waals surface area contributed by atoms with Gasteiger partial charge in [0.05, 0.1) is 59.8 Å². The van der Waals surface area contributed by atoms with Gasteiger partial charge in [0.25, 0.3) is 5.91 Å². The van der Waals surface area contributed by atoms with Crippen LogP contribution in [0.1, 0.15) is 54.9 Å². The number of quaternary nitrogens is 1. The molecule has 12 nitrogen and oxygen atoms in total. The predicted molar refractivity (Wildman–Crippen MR) is 176 cm³/mol. The number of methoxy groups -OCH3 is 1. The summed E-state index contributed by atoms with van der Waals surface area (Å²) in [5, 5.41) is 11.3. The van der Waals surface area contributed by atoms with Crippen LogP contribution in [0.25, 0.3) is 0 Å². The molecule has 0 aromatic rings. The van der Waals surface area contributed by atoms with Gasteiger partial charge in [-0.2, -0.15) is 0 Å². The average molecular weight is 661 g/mol. The minimum atomic E-state index is -3.65. The van der Waals surface area contributed by atoms with Crippen LogP contribution >= 0.6 is 7.52 Å². The van der Waals surface area contributed by atoms with Crippen LogP contribution in [0.3, 0.4) is 0 Å². The second kappa shape index (κ2) is 14.1. The maximum atomic E-state index is 14.1. The first-order valence-electron chi connectivity index (χ1n) is 15.0. The number of allylic oxidation sites excluding steroid dienone is 1. The Balaban J connectivity index is 0.000000860. The highest BCUT2D eigenvalue weighted by atomic mass is 32.2. The molecule has 44 heavy (non-hydrogen) atoms. The summed E-state index contributed by atoms with van der Waals surface area (Å²) in [6, 6.07) is -0.947. The van der Waals surface area contributed by atoms with Crippen molar-refractivity contribution in [2.45, 2.75) is 72.6 Å². The van der Waals surface area contributed by atoms with Gasteiger partial charge < -0.3 is 23.8 Å². The van der Waals surface area contributed by atoms with Crippen molar-refractivity contribution in [3.63, 3.8) is 0 Å². The van der Waals surface area contributed by atoms with E-state index in [1.807, 2.05) is 4.90 Å². The van der Waals surface area contributed by atoms with Gasteiger partial charge in [-0.15, -0.1) is 0 Å². The summed E-state index contributed by atoms with van der Waals surface area (Å²) in [5.41, 5.74) is -0.509. The molecule has 1 aliphatic carbocycles. The number of amides is 1. The fourth-order valence-electron chi connectivity index (χ4n) is 5.11. The number of ether oxygens (including phenoxy) is 1. The minimum absolute atomic E-state index is 0.0220. The van der Waals surface area contributed by atoms with Crippen molar-refractivity contribution in [3.8, 4) is 0 Å². The smallest absolute Gasteiger partial charge is 0.304 e. The van der Waals surface area contributed by atoms with Crippen LogP contribution in [0.15, 0.2) is 40.2 Å². The van der Waals surface area contributed by atoms with Gasteiger partial charge in [-0.25, -0.2) is 8.42 Å². The summed E-state index contributed by atoms with van der Waals surface area (Å²) in [6.45, 7) is 16.1. The van der Waals surface area contributed by atoms with Gasteiger partial charge >= 0.3 is 7.52 Å². The molecule has 0 saturated heterocycles. The molecule has 0 aromatic heterocycles. The minimum Gasteiger partial charge on any atom is -0.498 e. The van der Waals surface area contributed by atoms with Crippen molar-refractivity contribution >= 4 is 29.3 Å². The molecule has 2 aliphatic heterocycles. The Labute approximate surface area is 264 Å². The number of likely N-dealkylation sites (N-methyl/N-ethyl adjacent to an activating group) is 1. The van der Waals surface area contributed by atoms with Crippen molar-refractivity contribution in [2.24, 2.45) is 15.8 Å². The second-order valence-corrected chi connectivity index (χ2v) is 18.7. The Morgan fingerprint density at radius 2 is 1.80 bits per heavy atom. The Morgan fingerprint density at radius 1 is 1.18 bits per heavy atom. The number of aliphatic hydroxyl groups is 1. The molecule has 3 N–H and O–H groups in total. The number of nitrogens with one attached hydrogen (secondary N) is 2. The summed E-state index contributed by atoms with van der Waals surface area (Å²) in [7, 11) is 0.521. The van der Waals surface area contributed by atoms with E-state index in [1.165, 1.54) is 7.11 Å². The van der Waals surface area contributed by atoms with Gasteiger partial charge in [-0.3, -0.25) is 24.2 Å². The molecule has 0 aromatic carbocycles. The van der Waals surface area contributed by atoms with Gasteiger partial charge in [0.2, 0.25) is 10.0 Å². The molecule has 14 heteroatoms. The number of carbonyl (C=O) groups excluding carboxylic acids is 1. The average Bonchev–Trinajstić information content (AvgIpc) is 3.13. The van der Waals surface area contributed by atoms with Gasteiger partial charge in [0.15, 0.2) is 0 Å². The van der Waals surface area contributed by atoms with Crippen molar-refractivity contribution in [1.82, 2.24) is 14.7 Å². The number of hydrogen-bond acceptors (Lipinski definition) is 8. The lowest BCUT2D eigenvalue weighted by Crippen LogP contribution is -2.46. The van der Waals surface area contributed by atoms with Crippen LogP contribution < -0.4 is 9.81 Å². The summed E-state index contributed by atoms with van der Waals surface area (Å²) in [5.74, 6) is 0.419. The van der Waals surface area contributed by atoms with E-state index in [9.17, 15) is 17.8 Å². The molecule has 4 atom stereocenters. The van der Waals surface area contributed by atoms with Gasteiger partial charge in [-0.05, 0) is 36.3 Å². The summed E-state index contributed by atoms with van der Waals surface area (Å²) in [6.07, 6.45) is 6.66. The van der Waals surface area contributed by atoms with Crippen LogP contribution in [-0.4, -0.2) is 113 Å². The van der Waals surface area contributed by atoms with Crippen LogP contribution in [0.2, 0.25) is 0 Å². The molecule has 0 spiro atoms. The van der Waals surface area contributed by atoms with Crippen molar-refractivity contribution < 1.29 is 36.6 Å². The number of aliphatic hydroxyl groups excluding tert-OH is 1. The fraction of sp³-hybridized carbons (Fsp3) is 0.733. The van der Waals surface area contributed by atoms with Gasteiger partial charge in [0.1, 0.15) is 29.4 Å². The third kappa shape index (κ3) is 10.2. The van der Waals surface area contributed by atoms with E-state index in [2.05, 4.69) is 72.5 Å². The van der Waals surface area contributed by atoms with Crippen molar-refractivity contribution in [3.05, 3.63) is 35.3 Å². The molecule has 4 unspecified atom stereocenters. The third-order valence-corrected chi connectivity index (χ3v) is 10.2. The SMILES string of the molecule is CCOP1(=O)NC(C2=C(OC)C(C(C)(C)C)N(CCC(C)(C)C)C2=O)=NC2C=CC(NS(C)(=O)=O)=CC21.C[N+](C)(C)CCO. The standard InChI is InChI=1S/C25H41N4O6PS.C5H14NO/c1-10-35-36(31)18-15-16(28-37(9,32)33)11-12-17(18)26-22(27-36)19-20(34-8)21(25(5,6)7)29(23(19)30)14-13-24(2,3)4;1-6(2,3)4-5-7/h11-12,15,17-18,21,28H,10,13-14H2,1-9H3,(H,26,27,31);7H,4-5H2,1-3H3/q;+1. The zero-order valence-electron chi connectivity index (χ0n) is 28.6. The quantitative estimate of drug-likeness (QED) is 0.239. The molecular formula is C30H55N5O7PS+. The van der Waals surface area contributed by atoms with E-state index in [-0.39, 0.29) is 47.4 Å². The fourth-order valence-corrected chi connectivity index (χ4v) is 7.83. The molecular weight excluding hydrogens is 605 g/mol. The first-order valence-corrected chi connectivity index (χ1v) is 18.5. The van der Waals surface area contributed by atoms with E-state index in [4.69, 9.17) is 19.4 Å². The molecule has 0 bridgehead atoms. The lowest BCUT2D eigenvalue weighted by molar-refractivity contribution is -0.870. The first-order chi connectivity index (χ1) is 20.0. The molecule has 0 fully saturated rings. The number of hydrogen-bond donors (Lipinski definition) is 3. The van der Waals surface area contributed by atoms with Crippen molar-refractivity contribution in [1.29, 1.82) is 0 Å². The Kier molecular flexibility index (Phi) is 12.2. The Hall–Kier alpha value is -2.18. The van der Waals surface area contributed by atoms with Crippen LogP contribution in [-0.2, 0) is 28.6 Å². The molecule has 0 saturated carbocycles. The molecule has 0 radical (unpaired) electrons. The highest BCUT2D eigenvalue weighted by Crippen LogP contribution is 2.54. The topological polar surface area (TPSA) is 147 Å². The van der Waals surface area contributed by atoms with E-state index in [1.54, 1.807) is 25.2 Å². The Morgan fingerprint density at radius 3 is 2.23 bits per heavy atom. The van der Waals surface area contributed by atoms with Crippen molar-refractivity contribution in [2.75, 3.05) is 60.8 Å². The first kappa shape index (κ1) is 38.0. The molecule has 252 valence electrons. The number of sulfonamides is 1. The lowest BCUT2D eigenvalue weighted by Gasteiger charge is -2.37. The predicted octanol–water partition coefficient (Wildman–Crippen LogP) is 3.24. The summed E-state index contributed by atoms with van der Waals surface area (Å²) in [4.78, 5) is 20.5. The highest BCUT2D eigenvalue weighted by molar-refractivity contribution is 7.88. The van der Waals surface area contributed by atoms with E-state index in [0.717, 1.165) is 23.7 Å². The molecule has 2 heterocycles. The molecule has 3 rings (SSSR count). The Bertz CT molecular complexity index is 1330. The van der Waals surface area contributed by atoms with Gasteiger partial charge in [0, 0.05) is 12.2 Å². The second-order valence-electron chi connectivity index (χ2n) is 14.7. The van der Waals surface area contributed by atoms with Crippen LogP contribution in [0.5, 0.6) is 0 Å². The lowest BCUT2D eigenvalue weighted by atomic mass is 9.84. The van der Waals surface area contributed by atoms with Crippen LogP contribution in [0, 0.1) is 10.8 Å². The van der Waals surface area contributed by atoms with Crippen LogP contribution in [0.4, 0.5) is 0 Å². The number of aliphatic imine (C=N–C) groups is 1. The zero-order chi connectivity index (χ0) is 33.9. The number of nitrogens with zero attached hydrogens (tertiary/aromatic N) is 3.